The van der Waals surface area contributed by atoms with Gasteiger partial charge in [0.15, 0.2) is 0 Å². The molecule has 3 rings (SSSR count). The summed E-state index contributed by atoms with van der Waals surface area (Å²) in [6.45, 7) is 3.38. The zero-order valence-electron chi connectivity index (χ0n) is 13.0. The molecule has 1 aliphatic rings. The molecule has 0 aromatic heterocycles. The van der Waals surface area contributed by atoms with Crippen LogP contribution in [0.3, 0.4) is 0 Å². The minimum absolute atomic E-state index is 0.124. The van der Waals surface area contributed by atoms with Crippen LogP contribution in [0.15, 0.2) is 66.5 Å². The smallest absolute Gasteiger partial charge is 0.140 e. The Kier molecular flexibility index (Phi) is 4.92. The van der Waals surface area contributed by atoms with Gasteiger partial charge in [0, 0.05) is 0 Å². The summed E-state index contributed by atoms with van der Waals surface area (Å²) in [4.78, 5) is 0. The average Bonchev–Trinajstić information content (AvgIpc) is 2.59. The van der Waals surface area contributed by atoms with Crippen LogP contribution < -0.4 is 0 Å². The molecule has 1 unspecified atom stereocenters. The zero-order chi connectivity index (χ0) is 15.2. The van der Waals surface area contributed by atoms with Crippen molar-refractivity contribution in [2.75, 3.05) is 13.2 Å². The molecule has 0 spiro atoms. The maximum Gasteiger partial charge on any atom is 0.140 e. The minimum Gasteiger partial charge on any atom is -0.495 e. The number of hydrogen-bond donors (Lipinski definition) is 0. The number of hydrogen-bond acceptors (Lipinski definition) is 2. The van der Waals surface area contributed by atoms with Gasteiger partial charge in [-0.25, -0.2) is 0 Å². The van der Waals surface area contributed by atoms with E-state index < -0.39 is 0 Å². The molecule has 0 saturated carbocycles. The normalized spacial score (nSPS) is 16.5. The van der Waals surface area contributed by atoms with Gasteiger partial charge in [-0.15, -0.1) is 0 Å². The van der Waals surface area contributed by atoms with E-state index >= 15 is 0 Å². The van der Waals surface area contributed by atoms with Crippen molar-refractivity contribution < 1.29 is 9.47 Å². The molecule has 2 aromatic carbocycles. The van der Waals surface area contributed by atoms with Crippen LogP contribution in [-0.2, 0) is 9.47 Å². The fourth-order valence-electron chi connectivity index (χ4n) is 2.72. The largest absolute Gasteiger partial charge is 0.495 e. The fourth-order valence-corrected chi connectivity index (χ4v) is 2.72. The first-order valence-corrected chi connectivity index (χ1v) is 7.93. The number of benzene rings is 2. The summed E-state index contributed by atoms with van der Waals surface area (Å²) < 4.78 is 11.9. The summed E-state index contributed by atoms with van der Waals surface area (Å²) in [5.74, 6) is 0.950. The molecular formula is C20H22O2. The molecule has 22 heavy (non-hydrogen) atoms. The molecule has 0 aliphatic carbocycles. The van der Waals surface area contributed by atoms with Gasteiger partial charge in [-0.2, -0.15) is 0 Å². The molecule has 2 heteroatoms. The number of allylic oxidation sites excluding steroid dienone is 2. The highest BCUT2D eigenvalue weighted by molar-refractivity contribution is 5.83. The lowest BCUT2D eigenvalue weighted by molar-refractivity contribution is 0.0375. The molecule has 0 radical (unpaired) electrons. The van der Waals surface area contributed by atoms with Crippen molar-refractivity contribution in [3.05, 3.63) is 72.0 Å². The van der Waals surface area contributed by atoms with Gasteiger partial charge in [0.1, 0.15) is 11.9 Å². The number of fused-ring (bicyclic) bond motifs is 1. The van der Waals surface area contributed by atoms with E-state index in [-0.39, 0.29) is 6.10 Å². The number of rotatable bonds is 5. The third-order valence-corrected chi connectivity index (χ3v) is 3.89. The SMILES string of the molecule is C/C=C/COC(C1=CCCCO1)c1ccc2ccccc2c1. The highest BCUT2D eigenvalue weighted by atomic mass is 16.5. The van der Waals surface area contributed by atoms with E-state index in [1.165, 1.54) is 10.8 Å². The Morgan fingerprint density at radius 1 is 1.18 bits per heavy atom. The Bertz CT molecular complexity index is 685. The Morgan fingerprint density at radius 2 is 2.05 bits per heavy atom. The monoisotopic (exact) mass is 294 g/mol. The van der Waals surface area contributed by atoms with Crippen LogP contribution in [0.2, 0.25) is 0 Å². The molecule has 0 N–H and O–H groups in total. The molecule has 1 heterocycles. The molecule has 2 aromatic rings. The van der Waals surface area contributed by atoms with Crippen LogP contribution in [0.5, 0.6) is 0 Å². The van der Waals surface area contributed by atoms with Crippen LogP contribution in [0.25, 0.3) is 10.8 Å². The molecule has 0 bridgehead atoms. The summed E-state index contributed by atoms with van der Waals surface area (Å²) >= 11 is 0. The lowest BCUT2D eigenvalue weighted by Gasteiger charge is -2.24. The summed E-state index contributed by atoms with van der Waals surface area (Å²) in [6, 6.07) is 14.9. The summed E-state index contributed by atoms with van der Waals surface area (Å²) in [5, 5.41) is 2.48. The third-order valence-electron chi connectivity index (χ3n) is 3.89. The van der Waals surface area contributed by atoms with E-state index in [1.807, 2.05) is 19.1 Å². The van der Waals surface area contributed by atoms with Gasteiger partial charge in [0.05, 0.1) is 13.2 Å². The molecule has 114 valence electrons. The van der Waals surface area contributed by atoms with Gasteiger partial charge in [0.25, 0.3) is 0 Å². The highest BCUT2D eigenvalue weighted by Crippen LogP contribution is 2.31. The van der Waals surface area contributed by atoms with Crippen molar-refractivity contribution in [3.8, 4) is 0 Å². The van der Waals surface area contributed by atoms with Gasteiger partial charge >= 0.3 is 0 Å². The predicted octanol–water partition coefficient (Wildman–Crippen LogP) is 5.17. The van der Waals surface area contributed by atoms with Crippen molar-refractivity contribution in [1.29, 1.82) is 0 Å². The first-order chi connectivity index (χ1) is 10.9. The first-order valence-electron chi connectivity index (χ1n) is 7.93. The van der Waals surface area contributed by atoms with Gasteiger partial charge in [0.2, 0.25) is 0 Å². The topological polar surface area (TPSA) is 18.5 Å². The summed E-state index contributed by atoms with van der Waals surface area (Å²) in [6.07, 6.45) is 8.22. The van der Waals surface area contributed by atoms with Crippen LogP contribution in [0.1, 0.15) is 31.4 Å². The Balaban J connectivity index is 1.93. The van der Waals surface area contributed by atoms with Crippen LogP contribution in [0, 0.1) is 0 Å². The van der Waals surface area contributed by atoms with Gasteiger partial charge in [-0.1, -0.05) is 48.6 Å². The Hall–Kier alpha value is -2.06. The van der Waals surface area contributed by atoms with E-state index in [0.717, 1.165) is 30.8 Å². The lowest BCUT2D eigenvalue weighted by atomic mass is 10.0. The quantitative estimate of drug-likeness (QED) is 0.708. The standard InChI is InChI=1S/C20H22O2/c1-2-3-13-22-20(19-10-6-7-14-21-19)18-12-11-16-8-4-5-9-17(16)15-18/h2-5,8-12,15,20H,6-7,13-14H2,1H3/b3-2+. The van der Waals surface area contributed by atoms with Gasteiger partial charge in [-0.05, 0) is 48.2 Å². The minimum atomic E-state index is -0.124. The Labute approximate surface area is 132 Å². The van der Waals surface area contributed by atoms with Crippen molar-refractivity contribution in [2.45, 2.75) is 25.9 Å². The van der Waals surface area contributed by atoms with E-state index in [2.05, 4.69) is 48.5 Å². The second kappa shape index (κ2) is 7.28. The van der Waals surface area contributed by atoms with Crippen molar-refractivity contribution >= 4 is 10.8 Å². The molecule has 2 nitrogen and oxygen atoms in total. The predicted molar refractivity (Wildman–Crippen MR) is 90.7 cm³/mol. The van der Waals surface area contributed by atoms with Crippen LogP contribution >= 0.6 is 0 Å². The van der Waals surface area contributed by atoms with Crippen molar-refractivity contribution in [2.24, 2.45) is 0 Å². The maximum atomic E-state index is 6.08. The molecule has 0 amide bonds. The van der Waals surface area contributed by atoms with Crippen molar-refractivity contribution in [3.63, 3.8) is 0 Å². The average molecular weight is 294 g/mol. The van der Waals surface area contributed by atoms with E-state index in [4.69, 9.17) is 9.47 Å². The number of ether oxygens (including phenoxy) is 2. The van der Waals surface area contributed by atoms with Gasteiger partial charge in [-0.3, -0.25) is 0 Å². The van der Waals surface area contributed by atoms with E-state index in [9.17, 15) is 0 Å². The van der Waals surface area contributed by atoms with Crippen molar-refractivity contribution in [1.82, 2.24) is 0 Å². The lowest BCUT2D eigenvalue weighted by Crippen LogP contribution is -2.13. The third kappa shape index (κ3) is 3.40. The van der Waals surface area contributed by atoms with Crippen LogP contribution in [-0.4, -0.2) is 13.2 Å². The summed E-state index contributed by atoms with van der Waals surface area (Å²) in [7, 11) is 0. The molecule has 1 aliphatic heterocycles. The zero-order valence-corrected chi connectivity index (χ0v) is 13.0. The fraction of sp³-hybridized carbons (Fsp3) is 0.300. The van der Waals surface area contributed by atoms with Gasteiger partial charge < -0.3 is 9.47 Å². The summed E-state index contributed by atoms with van der Waals surface area (Å²) in [5.41, 5.74) is 1.15. The van der Waals surface area contributed by atoms with Crippen LogP contribution in [0.4, 0.5) is 0 Å². The Morgan fingerprint density at radius 3 is 2.82 bits per heavy atom. The van der Waals surface area contributed by atoms with E-state index in [0.29, 0.717) is 6.61 Å². The maximum absolute atomic E-state index is 6.08. The second-order valence-corrected chi connectivity index (χ2v) is 5.49. The molecular weight excluding hydrogens is 272 g/mol. The first kappa shape index (κ1) is 14.9. The van der Waals surface area contributed by atoms with E-state index in [1.54, 1.807) is 0 Å². The second-order valence-electron chi connectivity index (χ2n) is 5.49. The molecule has 0 saturated heterocycles. The highest BCUT2D eigenvalue weighted by Gasteiger charge is 2.20. The molecule has 1 atom stereocenters. The molecule has 0 fully saturated rings.